The second-order valence-electron chi connectivity index (χ2n) is 9.08. The molecular formula is C30H27F3N6O2. The Morgan fingerprint density at radius 3 is 2.37 bits per heavy atom. The Balaban J connectivity index is 0.000000328. The van der Waals surface area contributed by atoms with Crippen LogP contribution in [0.5, 0.6) is 0 Å². The minimum Gasteiger partial charge on any atom is -0.340 e. The summed E-state index contributed by atoms with van der Waals surface area (Å²) in [5.41, 5.74) is 1.61. The predicted octanol–water partition coefficient (Wildman–Crippen LogP) is 4.86. The number of carbonyl (C=O) groups excluding carboxylic acids is 2. The second-order valence-corrected chi connectivity index (χ2v) is 9.08. The maximum Gasteiger partial charge on any atom is 0.416 e. The third-order valence-electron chi connectivity index (χ3n) is 6.35. The maximum absolute atomic E-state index is 13.1. The molecule has 1 aromatic heterocycles. The topological polar surface area (TPSA) is 103 Å². The van der Waals surface area contributed by atoms with E-state index in [4.69, 9.17) is 5.26 Å². The minimum atomic E-state index is -4.56. The Hall–Kier alpha value is -5.11. The minimum absolute atomic E-state index is 0.156. The lowest BCUT2D eigenvalue weighted by molar-refractivity contribution is -0.137. The number of carbonyl (C=O) groups is 2. The van der Waals surface area contributed by atoms with Crippen molar-refractivity contribution in [2.75, 3.05) is 11.4 Å². The van der Waals surface area contributed by atoms with E-state index in [1.807, 2.05) is 66.9 Å². The van der Waals surface area contributed by atoms with Crippen LogP contribution in [-0.2, 0) is 23.9 Å². The summed E-state index contributed by atoms with van der Waals surface area (Å²) in [4.78, 5) is 27.2. The van der Waals surface area contributed by atoms with Crippen molar-refractivity contribution < 1.29 is 22.8 Å². The summed E-state index contributed by atoms with van der Waals surface area (Å²) in [5.74, 6) is -0.448. The summed E-state index contributed by atoms with van der Waals surface area (Å²) in [6, 6.07) is 22.4. The van der Waals surface area contributed by atoms with Crippen molar-refractivity contribution in [1.29, 1.82) is 5.26 Å². The summed E-state index contributed by atoms with van der Waals surface area (Å²) in [6.07, 6.45) is -0.856. The molecule has 0 radical (unpaired) electrons. The molecule has 11 heteroatoms. The molecule has 0 fully saturated rings. The molecule has 8 nitrogen and oxygen atoms in total. The normalized spacial score (nSPS) is 14.3. The highest BCUT2D eigenvalue weighted by Crippen LogP contribution is 2.31. The molecule has 1 aliphatic heterocycles. The van der Waals surface area contributed by atoms with E-state index in [-0.39, 0.29) is 17.9 Å². The molecule has 41 heavy (non-hydrogen) atoms. The maximum atomic E-state index is 13.1. The van der Waals surface area contributed by atoms with Gasteiger partial charge >= 0.3 is 6.18 Å². The molecule has 2 heterocycles. The highest BCUT2D eigenvalue weighted by atomic mass is 19.4. The van der Waals surface area contributed by atoms with Crippen LogP contribution in [0, 0.1) is 11.5 Å². The zero-order chi connectivity index (χ0) is 29.4. The average Bonchev–Trinajstić information content (AvgIpc) is 3.41. The molecule has 0 saturated heterocycles. The second kappa shape index (κ2) is 12.8. The van der Waals surface area contributed by atoms with E-state index in [1.165, 1.54) is 17.0 Å². The highest BCUT2D eigenvalue weighted by molar-refractivity contribution is 6.04. The van der Waals surface area contributed by atoms with Crippen LogP contribution < -0.4 is 15.5 Å². The van der Waals surface area contributed by atoms with Gasteiger partial charge in [0.05, 0.1) is 17.4 Å². The van der Waals surface area contributed by atoms with Gasteiger partial charge in [-0.3, -0.25) is 14.5 Å². The number of rotatable bonds is 6. The third kappa shape index (κ3) is 6.91. The zero-order valence-electron chi connectivity index (χ0n) is 22.1. The quantitative estimate of drug-likeness (QED) is 0.259. The predicted molar refractivity (Wildman–Crippen MR) is 147 cm³/mol. The number of nitriles is 1. The summed E-state index contributed by atoms with van der Waals surface area (Å²) in [5, 5.41) is 17.7. The van der Waals surface area contributed by atoms with Crippen LogP contribution in [0.25, 0.3) is 5.69 Å². The summed E-state index contributed by atoms with van der Waals surface area (Å²) >= 11 is 0. The van der Waals surface area contributed by atoms with Crippen molar-refractivity contribution in [3.63, 3.8) is 0 Å². The van der Waals surface area contributed by atoms with Crippen molar-refractivity contribution in [2.24, 2.45) is 0 Å². The van der Waals surface area contributed by atoms with Gasteiger partial charge in [0.1, 0.15) is 11.9 Å². The van der Waals surface area contributed by atoms with Gasteiger partial charge in [-0.25, -0.2) is 4.68 Å². The molecule has 1 unspecified atom stereocenters. The van der Waals surface area contributed by atoms with Gasteiger partial charge in [-0.1, -0.05) is 54.6 Å². The molecule has 4 aromatic rings. The Kier molecular flexibility index (Phi) is 9.04. The van der Waals surface area contributed by atoms with Crippen LogP contribution in [0.15, 0.2) is 91.1 Å². The third-order valence-corrected chi connectivity index (χ3v) is 6.35. The molecule has 5 rings (SSSR count). The number of anilines is 1. The van der Waals surface area contributed by atoms with E-state index in [1.54, 1.807) is 17.8 Å². The molecule has 1 atom stereocenters. The standard InChI is InChI=1S/C22H19F3N4O2.C8H8N2/c1-2-28-20-15(13-26-29(20)17-9-4-3-5-10-17)12-18(21(28)31)27-19(30)14-7-6-8-16(11-14)22(23,24)25;9-7-10-6-8-4-2-1-3-5-8/h3-11,13,18H,2,12H2,1H3,(H,27,30);1-5,10H,6H2. The molecule has 1 aliphatic rings. The Bertz CT molecular complexity index is 1530. The van der Waals surface area contributed by atoms with Crippen LogP contribution >= 0.6 is 0 Å². The summed E-state index contributed by atoms with van der Waals surface area (Å²) in [6.45, 7) is 2.78. The van der Waals surface area contributed by atoms with Crippen molar-refractivity contribution in [3.05, 3.63) is 113 Å². The van der Waals surface area contributed by atoms with Crippen molar-refractivity contribution in [3.8, 4) is 11.9 Å². The number of nitrogens with one attached hydrogen (secondary N) is 2. The molecule has 2 amide bonds. The van der Waals surface area contributed by atoms with Crippen LogP contribution in [0.1, 0.15) is 34.0 Å². The van der Waals surface area contributed by atoms with Crippen molar-refractivity contribution >= 4 is 17.6 Å². The molecule has 0 bridgehead atoms. The van der Waals surface area contributed by atoms with Gasteiger partial charge in [0.25, 0.3) is 11.8 Å². The van der Waals surface area contributed by atoms with E-state index in [9.17, 15) is 22.8 Å². The van der Waals surface area contributed by atoms with Crippen molar-refractivity contribution in [2.45, 2.75) is 32.1 Å². The lowest BCUT2D eigenvalue weighted by Crippen LogP contribution is -2.53. The first kappa shape index (κ1) is 28.9. The molecule has 2 N–H and O–H groups in total. The molecule has 0 saturated carbocycles. The van der Waals surface area contributed by atoms with E-state index < -0.39 is 23.7 Å². The number of para-hydroxylation sites is 1. The van der Waals surface area contributed by atoms with Gasteiger partial charge in [0, 0.05) is 30.6 Å². The van der Waals surface area contributed by atoms with Crippen molar-refractivity contribution in [1.82, 2.24) is 20.4 Å². The number of nitrogens with zero attached hydrogens (tertiary/aromatic N) is 4. The number of halogens is 3. The number of likely N-dealkylation sites (N-methyl/N-ethyl adjacent to an activating group) is 1. The van der Waals surface area contributed by atoms with Crippen LogP contribution in [-0.4, -0.2) is 34.2 Å². The van der Waals surface area contributed by atoms with E-state index in [0.717, 1.165) is 28.9 Å². The van der Waals surface area contributed by atoms with Gasteiger partial charge in [-0.2, -0.15) is 23.5 Å². The first-order valence-corrected chi connectivity index (χ1v) is 12.8. The fourth-order valence-corrected chi connectivity index (χ4v) is 4.40. The number of alkyl halides is 3. The molecule has 210 valence electrons. The molecular weight excluding hydrogens is 533 g/mol. The fraction of sp³-hybridized carbons (Fsp3) is 0.200. The van der Waals surface area contributed by atoms with Gasteiger partial charge in [-0.15, -0.1) is 0 Å². The number of hydrogen-bond acceptors (Lipinski definition) is 5. The number of fused-ring (bicyclic) bond motifs is 1. The number of aromatic nitrogens is 2. The smallest absolute Gasteiger partial charge is 0.340 e. The number of amides is 2. The lowest BCUT2D eigenvalue weighted by atomic mass is 10.0. The Morgan fingerprint density at radius 1 is 1.05 bits per heavy atom. The Labute approximate surface area is 235 Å². The zero-order valence-corrected chi connectivity index (χ0v) is 22.1. The van der Waals surface area contributed by atoms with Crippen LogP contribution in [0.3, 0.4) is 0 Å². The largest absolute Gasteiger partial charge is 0.416 e. The van der Waals surface area contributed by atoms with E-state index in [0.29, 0.717) is 18.9 Å². The van der Waals surface area contributed by atoms with E-state index >= 15 is 0 Å². The molecule has 3 aromatic carbocycles. The lowest BCUT2D eigenvalue weighted by Gasteiger charge is -2.32. The molecule has 0 aliphatic carbocycles. The van der Waals surface area contributed by atoms with E-state index in [2.05, 4.69) is 15.7 Å². The van der Waals surface area contributed by atoms with Gasteiger partial charge < -0.3 is 10.6 Å². The summed E-state index contributed by atoms with van der Waals surface area (Å²) < 4.78 is 40.5. The van der Waals surface area contributed by atoms with Crippen LogP contribution in [0.4, 0.5) is 19.0 Å². The monoisotopic (exact) mass is 560 g/mol. The van der Waals surface area contributed by atoms with Crippen LogP contribution in [0.2, 0.25) is 0 Å². The van der Waals surface area contributed by atoms with Gasteiger partial charge in [0.15, 0.2) is 6.19 Å². The first-order valence-electron chi connectivity index (χ1n) is 12.8. The first-order chi connectivity index (χ1) is 19.7. The number of benzene rings is 3. The van der Waals surface area contributed by atoms with Gasteiger partial charge in [0.2, 0.25) is 0 Å². The molecule has 0 spiro atoms. The van der Waals surface area contributed by atoms with Gasteiger partial charge in [-0.05, 0) is 42.8 Å². The number of hydrogen-bond donors (Lipinski definition) is 2. The average molecular weight is 561 g/mol. The highest BCUT2D eigenvalue weighted by Gasteiger charge is 2.37. The Morgan fingerprint density at radius 2 is 1.73 bits per heavy atom. The fourth-order valence-electron chi connectivity index (χ4n) is 4.40. The SMILES string of the molecule is CCN1C(=O)C(NC(=O)c2cccc(C(F)(F)F)c2)Cc2cnn(-c3ccccc3)c21.N#CNCc1ccccc1. The summed E-state index contributed by atoms with van der Waals surface area (Å²) in [7, 11) is 0.